The lowest BCUT2D eigenvalue weighted by molar-refractivity contribution is -0.140. The fourth-order valence-electron chi connectivity index (χ4n) is 2.91. The molecule has 1 fully saturated rings. The molecule has 1 saturated heterocycles. The van der Waals surface area contributed by atoms with E-state index in [1.165, 1.54) is 34.1 Å². The minimum atomic E-state index is -4.91. The molecule has 0 unspecified atom stereocenters. The van der Waals surface area contributed by atoms with Crippen LogP contribution in [0.5, 0.6) is 0 Å². The second-order valence-corrected chi connectivity index (χ2v) is 6.41. The highest BCUT2D eigenvalue weighted by Crippen LogP contribution is 2.32. The lowest BCUT2D eigenvalue weighted by Gasteiger charge is -2.34. The Morgan fingerprint density at radius 2 is 1.45 bits per heavy atom. The Morgan fingerprint density at radius 1 is 0.862 bits per heavy atom. The zero-order chi connectivity index (χ0) is 21.2. The first-order valence-corrected chi connectivity index (χ1v) is 8.62. The second-order valence-electron chi connectivity index (χ2n) is 6.41. The van der Waals surface area contributed by atoms with Crippen LogP contribution in [-0.2, 0) is 6.18 Å². The van der Waals surface area contributed by atoms with E-state index in [0.717, 1.165) is 6.07 Å². The monoisotopic (exact) mass is 413 g/mol. The molecule has 1 N–H and O–H groups in total. The van der Waals surface area contributed by atoms with Gasteiger partial charge in [-0.2, -0.15) is 13.2 Å². The Labute approximate surface area is 162 Å². The molecule has 0 spiro atoms. The van der Waals surface area contributed by atoms with Crippen LogP contribution in [0.3, 0.4) is 0 Å². The summed E-state index contributed by atoms with van der Waals surface area (Å²) in [6.45, 7) is 0.529. The average Bonchev–Trinajstić information content (AvgIpc) is 2.69. The smallest absolute Gasteiger partial charge is 0.335 e. The number of carbonyl (C=O) groups excluding carboxylic acids is 2. The lowest BCUT2D eigenvalue weighted by atomic mass is 10.1. The Balaban J connectivity index is 1.61. The molecule has 0 atom stereocenters. The Bertz CT molecular complexity index is 907. The maximum Gasteiger partial charge on any atom is 0.419 e. The number of carbonyl (C=O) groups is 2. The van der Waals surface area contributed by atoms with E-state index >= 15 is 0 Å². The number of alkyl halides is 3. The van der Waals surface area contributed by atoms with Crippen LogP contribution < -0.4 is 5.32 Å². The van der Waals surface area contributed by atoms with E-state index < -0.39 is 35.3 Å². The van der Waals surface area contributed by atoms with Gasteiger partial charge in [-0.05, 0) is 42.5 Å². The fraction of sp³-hybridized carbons (Fsp3) is 0.263. The van der Waals surface area contributed by atoms with Gasteiger partial charge in [-0.3, -0.25) is 4.79 Å². The molecule has 3 rings (SSSR count). The molecule has 5 nitrogen and oxygen atoms in total. The molecule has 0 saturated carbocycles. The summed E-state index contributed by atoms with van der Waals surface area (Å²) >= 11 is 0. The zero-order valence-electron chi connectivity index (χ0n) is 15.0. The van der Waals surface area contributed by atoms with Gasteiger partial charge in [0.15, 0.2) is 0 Å². The number of hydrogen-bond donors (Lipinski definition) is 1. The number of nitrogens with zero attached hydrogens (tertiary/aromatic N) is 2. The second kappa shape index (κ2) is 8.06. The Hall–Kier alpha value is -3.17. The molecule has 1 heterocycles. The first-order valence-electron chi connectivity index (χ1n) is 8.62. The van der Waals surface area contributed by atoms with Crippen molar-refractivity contribution >= 4 is 17.6 Å². The summed E-state index contributed by atoms with van der Waals surface area (Å²) in [6, 6.07) is 6.87. The van der Waals surface area contributed by atoms with Crippen molar-refractivity contribution in [3.05, 3.63) is 65.2 Å². The van der Waals surface area contributed by atoms with Gasteiger partial charge in [0, 0.05) is 37.4 Å². The van der Waals surface area contributed by atoms with Crippen molar-refractivity contribution in [3.8, 4) is 0 Å². The predicted molar refractivity (Wildman–Crippen MR) is 94.3 cm³/mol. The molecule has 1 aliphatic heterocycles. The molecule has 29 heavy (non-hydrogen) atoms. The van der Waals surface area contributed by atoms with Gasteiger partial charge in [-0.15, -0.1) is 0 Å². The van der Waals surface area contributed by atoms with Crippen molar-refractivity contribution in [2.24, 2.45) is 0 Å². The van der Waals surface area contributed by atoms with Crippen LogP contribution in [0, 0.1) is 11.6 Å². The van der Waals surface area contributed by atoms with E-state index in [0.29, 0.717) is 17.8 Å². The van der Waals surface area contributed by atoms with Crippen molar-refractivity contribution in [2.45, 2.75) is 6.18 Å². The number of urea groups is 1. The summed E-state index contributed by atoms with van der Waals surface area (Å²) in [5.74, 6) is -2.56. The summed E-state index contributed by atoms with van der Waals surface area (Å²) < 4.78 is 64.8. The third-order valence-electron chi connectivity index (χ3n) is 4.47. The van der Waals surface area contributed by atoms with Gasteiger partial charge in [0.1, 0.15) is 11.6 Å². The number of rotatable bonds is 2. The van der Waals surface area contributed by atoms with Gasteiger partial charge in [0.05, 0.1) is 5.56 Å². The van der Waals surface area contributed by atoms with Crippen molar-refractivity contribution in [1.29, 1.82) is 0 Å². The van der Waals surface area contributed by atoms with E-state index in [4.69, 9.17) is 0 Å². The number of piperazine rings is 1. The van der Waals surface area contributed by atoms with Crippen molar-refractivity contribution in [1.82, 2.24) is 9.80 Å². The van der Waals surface area contributed by atoms with Crippen molar-refractivity contribution in [3.63, 3.8) is 0 Å². The van der Waals surface area contributed by atoms with E-state index in [9.17, 15) is 31.5 Å². The van der Waals surface area contributed by atoms with Gasteiger partial charge < -0.3 is 15.1 Å². The van der Waals surface area contributed by atoms with Gasteiger partial charge in [-0.25, -0.2) is 13.6 Å². The molecular weight excluding hydrogens is 397 g/mol. The molecule has 10 heteroatoms. The number of halogens is 5. The largest absolute Gasteiger partial charge is 0.419 e. The molecule has 3 amide bonds. The highest BCUT2D eigenvalue weighted by atomic mass is 19.4. The lowest BCUT2D eigenvalue weighted by Crippen LogP contribution is -2.51. The standard InChI is InChI=1S/C19H16F5N3O2/c20-13-2-4-14(5-3-13)25-18(29)27-9-7-26(8-10-27)17(28)12-1-6-16(21)15(11-12)19(22,23)24/h1-6,11H,7-10H2,(H,25,29). The fourth-order valence-corrected chi connectivity index (χ4v) is 2.91. The topological polar surface area (TPSA) is 52.7 Å². The predicted octanol–water partition coefficient (Wildman–Crippen LogP) is 3.97. The van der Waals surface area contributed by atoms with Crippen LogP contribution in [0.2, 0.25) is 0 Å². The number of amides is 3. The van der Waals surface area contributed by atoms with Gasteiger partial charge in [0.25, 0.3) is 5.91 Å². The first-order chi connectivity index (χ1) is 13.6. The maximum absolute atomic E-state index is 13.4. The summed E-state index contributed by atoms with van der Waals surface area (Å²) in [7, 11) is 0. The number of hydrogen-bond acceptors (Lipinski definition) is 2. The van der Waals surface area contributed by atoms with Crippen LogP contribution in [0.4, 0.5) is 32.4 Å². The highest BCUT2D eigenvalue weighted by molar-refractivity contribution is 5.95. The van der Waals surface area contributed by atoms with Gasteiger partial charge >= 0.3 is 12.2 Å². The molecule has 0 aromatic heterocycles. The molecular formula is C19H16F5N3O2. The maximum atomic E-state index is 13.4. The molecule has 0 radical (unpaired) electrons. The SMILES string of the molecule is O=C(Nc1ccc(F)cc1)N1CCN(C(=O)c2ccc(F)c(C(F)(F)F)c2)CC1. The highest BCUT2D eigenvalue weighted by Gasteiger charge is 2.35. The van der Waals surface area contributed by atoms with Gasteiger partial charge in [0.2, 0.25) is 0 Å². The van der Waals surface area contributed by atoms with Crippen LogP contribution in [0.25, 0.3) is 0 Å². The van der Waals surface area contributed by atoms with E-state index in [1.54, 1.807) is 0 Å². The van der Waals surface area contributed by atoms with Crippen molar-refractivity contribution < 1.29 is 31.5 Å². The van der Waals surface area contributed by atoms with Crippen LogP contribution >= 0.6 is 0 Å². The minimum Gasteiger partial charge on any atom is -0.335 e. The Kier molecular flexibility index (Phi) is 5.71. The average molecular weight is 413 g/mol. The minimum absolute atomic E-state index is 0.106. The number of anilines is 1. The Morgan fingerprint density at radius 3 is 2.03 bits per heavy atom. The molecule has 2 aromatic rings. The number of benzene rings is 2. The third kappa shape index (κ3) is 4.82. The van der Waals surface area contributed by atoms with Crippen LogP contribution in [-0.4, -0.2) is 47.9 Å². The summed E-state index contributed by atoms with van der Waals surface area (Å²) in [5.41, 5.74) is -1.37. The van der Waals surface area contributed by atoms with Crippen molar-refractivity contribution in [2.75, 3.05) is 31.5 Å². The van der Waals surface area contributed by atoms with E-state index in [2.05, 4.69) is 5.32 Å². The number of nitrogens with one attached hydrogen (secondary N) is 1. The molecule has 0 bridgehead atoms. The molecule has 1 aliphatic rings. The summed E-state index contributed by atoms with van der Waals surface area (Å²) in [6.07, 6.45) is -4.91. The van der Waals surface area contributed by atoms with Crippen LogP contribution in [0.15, 0.2) is 42.5 Å². The molecule has 2 aromatic carbocycles. The zero-order valence-corrected chi connectivity index (χ0v) is 15.0. The summed E-state index contributed by atoms with van der Waals surface area (Å²) in [5, 5.41) is 2.60. The van der Waals surface area contributed by atoms with Gasteiger partial charge in [-0.1, -0.05) is 0 Å². The first kappa shape index (κ1) is 20.6. The molecule has 0 aliphatic carbocycles. The summed E-state index contributed by atoms with van der Waals surface area (Å²) in [4.78, 5) is 27.4. The van der Waals surface area contributed by atoms with E-state index in [1.807, 2.05) is 0 Å². The van der Waals surface area contributed by atoms with Crippen LogP contribution in [0.1, 0.15) is 15.9 Å². The normalized spacial score (nSPS) is 14.7. The third-order valence-corrected chi connectivity index (χ3v) is 4.47. The molecule has 154 valence electrons. The quantitative estimate of drug-likeness (QED) is 0.758. The van der Waals surface area contributed by atoms with E-state index in [-0.39, 0.29) is 31.7 Å².